The van der Waals surface area contributed by atoms with E-state index < -0.39 is 0 Å². The van der Waals surface area contributed by atoms with Crippen LogP contribution in [0, 0.1) is 5.92 Å². The third kappa shape index (κ3) is 3.48. The first-order valence-electron chi connectivity index (χ1n) is 10.7. The van der Waals surface area contributed by atoms with E-state index >= 15 is 0 Å². The lowest BCUT2D eigenvalue weighted by atomic mass is 9.91. The van der Waals surface area contributed by atoms with Crippen molar-refractivity contribution in [3.63, 3.8) is 0 Å². The number of piperazine rings is 1. The lowest BCUT2D eigenvalue weighted by Gasteiger charge is -2.44. The van der Waals surface area contributed by atoms with Gasteiger partial charge in [0.15, 0.2) is 0 Å². The molecule has 1 saturated heterocycles. The molecule has 1 aromatic rings. The predicted molar refractivity (Wildman–Crippen MR) is 106 cm³/mol. The maximum Gasteiger partial charge on any atom is 0.135 e. The Bertz CT molecular complexity index is 606. The number of anilines is 1. The Labute approximate surface area is 158 Å². The molecule has 2 atom stereocenters. The molecule has 2 aliphatic heterocycles. The van der Waals surface area contributed by atoms with Gasteiger partial charge in [0.2, 0.25) is 0 Å². The van der Waals surface area contributed by atoms with Crippen LogP contribution in [0.2, 0.25) is 0 Å². The molecule has 1 saturated carbocycles. The van der Waals surface area contributed by atoms with Gasteiger partial charge in [-0.25, -0.2) is 9.97 Å². The van der Waals surface area contributed by atoms with Gasteiger partial charge in [0.05, 0.1) is 5.69 Å². The van der Waals surface area contributed by atoms with E-state index in [1.54, 1.807) is 6.33 Å². The summed E-state index contributed by atoms with van der Waals surface area (Å²) < 4.78 is 0. The van der Waals surface area contributed by atoms with E-state index in [0.29, 0.717) is 6.04 Å². The van der Waals surface area contributed by atoms with E-state index in [9.17, 15) is 0 Å². The molecule has 2 unspecified atom stereocenters. The van der Waals surface area contributed by atoms with Crippen LogP contribution in [-0.4, -0.2) is 64.6 Å². The van der Waals surface area contributed by atoms with Crippen LogP contribution in [0.4, 0.5) is 5.82 Å². The minimum Gasteiger partial charge on any atom is -0.354 e. The molecule has 1 aromatic heterocycles. The average molecular weight is 358 g/mol. The van der Waals surface area contributed by atoms with Crippen LogP contribution in [0.5, 0.6) is 0 Å². The van der Waals surface area contributed by atoms with Gasteiger partial charge >= 0.3 is 0 Å². The van der Waals surface area contributed by atoms with Gasteiger partial charge in [0.1, 0.15) is 12.1 Å². The molecule has 5 heteroatoms. The van der Waals surface area contributed by atoms with Crippen molar-refractivity contribution in [2.45, 2.75) is 71.5 Å². The standard InChI is InChI=1S/C21H35N5/c1-4-16(2)17(3)26-9-8-19-20(14-26)22-15-23-21(19)25-12-10-24(11-13-25)18-6-5-7-18/h15-18H,4-14H2,1-3H3. The second kappa shape index (κ2) is 7.81. The fourth-order valence-electron chi connectivity index (χ4n) is 4.73. The molecule has 0 radical (unpaired) electrons. The van der Waals surface area contributed by atoms with Gasteiger partial charge < -0.3 is 4.90 Å². The SMILES string of the molecule is CCC(C)C(C)N1CCc2c(ncnc2N2CCN(C3CCC3)CC2)C1. The minimum absolute atomic E-state index is 0.623. The molecule has 0 spiro atoms. The molecule has 0 aromatic carbocycles. The van der Waals surface area contributed by atoms with E-state index in [0.717, 1.165) is 44.6 Å². The van der Waals surface area contributed by atoms with Crippen molar-refractivity contribution in [2.24, 2.45) is 5.92 Å². The molecule has 26 heavy (non-hydrogen) atoms. The molecule has 2 fully saturated rings. The predicted octanol–water partition coefficient (Wildman–Crippen LogP) is 2.94. The Morgan fingerprint density at radius 2 is 1.85 bits per heavy atom. The Hall–Kier alpha value is -1.20. The summed E-state index contributed by atoms with van der Waals surface area (Å²) in [5, 5.41) is 0. The highest BCUT2D eigenvalue weighted by atomic mass is 15.3. The largest absolute Gasteiger partial charge is 0.354 e. The highest BCUT2D eigenvalue weighted by Crippen LogP contribution is 2.30. The molecule has 144 valence electrons. The summed E-state index contributed by atoms with van der Waals surface area (Å²) in [6.07, 6.45) is 8.37. The van der Waals surface area contributed by atoms with Crippen molar-refractivity contribution < 1.29 is 0 Å². The lowest BCUT2D eigenvalue weighted by molar-refractivity contribution is 0.120. The average Bonchev–Trinajstić information content (AvgIpc) is 2.65. The van der Waals surface area contributed by atoms with Gasteiger partial charge in [-0.15, -0.1) is 0 Å². The number of fused-ring (bicyclic) bond motifs is 1. The zero-order valence-corrected chi connectivity index (χ0v) is 16.8. The molecular formula is C21H35N5. The van der Waals surface area contributed by atoms with Crippen LogP contribution < -0.4 is 4.90 Å². The fourth-order valence-corrected chi connectivity index (χ4v) is 4.73. The summed E-state index contributed by atoms with van der Waals surface area (Å²) in [6, 6.07) is 1.49. The molecular weight excluding hydrogens is 322 g/mol. The molecule has 3 heterocycles. The fraction of sp³-hybridized carbons (Fsp3) is 0.810. The second-order valence-corrected chi connectivity index (χ2v) is 8.58. The van der Waals surface area contributed by atoms with Crippen LogP contribution in [0.1, 0.15) is 57.7 Å². The summed E-state index contributed by atoms with van der Waals surface area (Å²) in [4.78, 5) is 17.2. The maximum atomic E-state index is 4.72. The summed E-state index contributed by atoms with van der Waals surface area (Å²) in [7, 11) is 0. The van der Waals surface area contributed by atoms with Gasteiger partial charge in [0.25, 0.3) is 0 Å². The van der Waals surface area contributed by atoms with Crippen molar-refractivity contribution in [2.75, 3.05) is 37.6 Å². The second-order valence-electron chi connectivity index (χ2n) is 8.58. The molecule has 5 nitrogen and oxygen atoms in total. The highest BCUT2D eigenvalue weighted by Gasteiger charge is 2.31. The van der Waals surface area contributed by atoms with Gasteiger partial charge in [-0.05, 0) is 32.1 Å². The lowest BCUT2D eigenvalue weighted by Crippen LogP contribution is -2.52. The Balaban J connectivity index is 1.44. The molecule has 0 bridgehead atoms. The summed E-state index contributed by atoms with van der Waals surface area (Å²) >= 11 is 0. The Kier molecular flexibility index (Phi) is 5.46. The molecule has 1 aliphatic carbocycles. The topological polar surface area (TPSA) is 35.5 Å². The van der Waals surface area contributed by atoms with Crippen molar-refractivity contribution in [1.29, 1.82) is 0 Å². The van der Waals surface area contributed by atoms with Crippen LogP contribution >= 0.6 is 0 Å². The van der Waals surface area contributed by atoms with Gasteiger partial charge in [0, 0.05) is 56.9 Å². The monoisotopic (exact) mass is 357 g/mol. The summed E-state index contributed by atoms with van der Waals surface area (Å²) in [5.41, 5.74) is 2.68. The van der Waals surface area contributed by atoms with Crippen molar-refractivity contribution in [3.8, 4) is 0 Å². The Morgan fingerprint density at radius 3 is 2.50 bits per heavy atom. The number of aromatic nitrogens is 2. The summed E-state index contributed by atoms with van der Waals surface area (Å²) in [6.45, 7) is 13.8. The Morgan fingerprint density at radius 1 is 1.08 bits per heavy atom. The van der Waals surface area contributed by atoms with Crippen molar-refractivity contribution in [3.05, 3.63) is 17.6 Å². The quantitative estimate of drug-likeness (QED) is 0.810. The van der Waals surface area contributed by atoms with E-state index in [-0.39, 0.29) is 0 Å². The van der Waals surface area contributed by atoms with Crippen molar-refractivity contribution >= 4 is 5.82 Å². The first-order chi connectivity index (χ1) is 12.7. The van der Waals surface area contributed by atoms with Crippen LogP contribution in [0.25, 0.3) is 0 Å². The first-order valence-corrected chi connectivity index (χ1v) is 10.7. The van der Waals surface area contributed by atoms with Gasteiger partial charge in [-0.1, -0.05) is 26.7 Å². The van der Waals surface area contributed by atoms with Gasteiger partial charge in [-0.3, -0.25) is 9.80 Å². The maximum absolute atomic E-state index is 4.72. The van der Waals surface area contributed by atoms with E-state index in [1.165, 1.54) is 55.8 Å². The number of hydrogen-bond donors (Lipinski definition) is 0. The van der Waals surface area contributed by atoms with E-state index in [2.05, 4.69) is 40.5 Å². The van der Waals surface area contributed by atoms with E-state index in [4.69, 9.17) is 4.98 Å². The van der Waals surface area contributed by atoms with Crippen LogP contribution in [0.3, 0.4) is 0 Å². The van der Waals surface area contributed by atoms with Crippen LogP contribution in [0.15, 0.2) is 6.33 Å². The highest BCUT2D eigenvalue weighted by molar-refractivity contribution is 5.50. The molecule has 0 N–H and O–H groups in total. The molecule has 0 amide bonds. The molecule has 4 rings (SSSR count). The third-order valence-corrected chi connectivity index (χ3v) is 7.26. The third-order valence-electron chi connectivity index (χ3n) is 7.26. The number of rotatable bonds is 5. The van der Waals surface area contributed by atoms with Crippen LogP contribution in [-0.2, 0) is 13.0 Å². The van der Waals surface area contributed by atoms with Crippen molar-refractivity contribution in [1.82, 2.24) is 19.8 Å². The zero-order valence-electron chi connectivity index (χ0n) is 16.8. The molecule has 3 aliphatic rings. The summed E-state index contributed by atoms with van der Waals surface area (Å²) in [5.74, 6) is 1.96. The zero-order chi connectivity index (χ0) is 18.1. The minimum atomic E-state index is 0.623. The number of hydrogen-bond acceptors (Lipinski definition) is 5. The first kappa shape index (κ1) is 18.2. The smallest absolute Gasteiger partial charge is 0.135 e. The van der Waals surface area contributed by atoms with E-state index in [1.807, 2.05) is 0 Å². The normalized spacial score (nSPS) is 24.8. The number of nitrogens with zero attached hydrogens (tertiary/aromatic N) is 5. The van der Waals surface area contributed by atoms with Gasteiger partial charge in [-0.2, -0.15) is 0 Å².